The fourth-order valence-electron chi connectivity index (χ4n) is 2.23. The van der Waals surface area contributed by atoms with Gasteiger partial charge in [0.2, 0.25) is 12.7 Å². The van der Waals surface area contributed by atoms with Crippen LogP contribution in [0.4, 0.5) is 11.6 Å². The zero-order valence-corrected chi connectivity index (χ0v) is 17.1. The minimum absolute atomic E-state index is 0.144. The maximum absolute atomic E-state index is 11.4. The summed E-state index contributed by atoms with van der Waals surface area (Å²) in [7, 11) is 2.85. The number of esters is 1. The van der Waals surface area contributed by atoms with E-state index in [1.165, 1.54) is 36.7 Å². The molecule has 0 saturated heterocycles. The number of carbonyl (C=O) groups excluding carboxylic acids is 1. The lowest BCUT2D eigenvalue weighted by Crippen LogP contribution is -2.35. The summed E-state index contributed by atoms with van der Waals surface area (Å²) in [5, 5.41) is 20.8. The summed E-state index contributed by atoms with van der Waals surface area (Å²) in [6.07, 6.45) is 5.27. The Labute approximate surface area is 166 Å². The van der Waals surface area contributed by atoms with E-state index in [2.05, 4.69) is 14.7 Å². The van der Waals surface area contributed by atoms with Gasteiger partial charge in [-0.3, -0.25) is 4.57 Å². The Balaban J connectivity index is 0.000000291. The van der Waals surface area contributed by atoms with Gasteiger partial charge in [0.1, 0.15) is 17.9 Å². The van der Waals surface area contributed by atoms with Gasteiger partial charge in [0, 0.05) is 7.11 Å². The number of nitro groups is 2. The third kappa shape index (κ3) is 5.81. The average molecular weight is 412 g/mol. The molecule has 2 heterocycles. The van der Waals surface area contributed by atoms with E-state index in [-0.39, 0.29) is 17.2 Å². The van der Waals surface area contributed by atoms with Crippen molar-refractivity contribution in [2.75, 3.05) is 20.8 Å². The van der Waals surface area contributed by atoms with Gasteiger partial charge in [0.15, 0.2) is 0 Å². The number of nitrogens with zero attached hydrogens (tertiary/aromatic N) is 6. The highest BCUT2D eigenvalue weighted by molar-refractivity contribution is 5.77. The van der Waals surface area contributed by atoms with Crippen LogP contribution in [0.15, 0.2) is 25.0 Å². The van der Waals surface area contributed by atoms with Gasteiger partial charge < -0.3 is 34.3 Å². The molecule has 2 aromatic rings. The van der Waals surface area contributed by atoms with Crippen molar-refractivity contribution in [3.63, 3.8) is 0 Å². The van der Waals surface area contributed by atoms with Gasteiger partial charge in [-0.25, -0.2) is 4.79 Å². The molecule has 0 bridgehead atoms. The Morgan fingerprint density at radius 1 is 1.00 bits per heavy atom. The molecule has 0 aliphatic rings. The summed E-state index contributed by atoms with van der Waals surface area (Å²) < 4.78 is 12.6. The van der Waals surface area contributed by atoms with Crippen LogP contribution in [0.1, 0.15) is 27.7 Å². The number of hydrogen-bond donors (Lipinski definition) is 0. The lowest BCUT2D eigenvalue weighted by molar-refractivity contribution is -0.389. The predicted octanol–water partition coefficient (Wildman–Crippen LogP) is 1.87. The van der Waals surface area contributed by atoms with E-state index in [9.17, 15) is 25.0 Å². The van der Waals surface area contributed by atoms with Crippen LogP contribution in [0, 0.1) is 20.2 Å². The Morgan fingerprint density at radius 2 is 1.45 bits per heavy atom. The molecule has 13 nitrogen and oxygen atoms in total. The summed E-state index contributed by atoms with van der Waals surface area (Å²) in [4.78, 5) is 38.3. The molecular formula is C16H24N6O7. The van der Waals surface area contributed by atoms with Gasteiger partial charge in [-0.2, -0.15) is 0 Å². The van der Waals surface area contributed by atoms with E-state index < -0.39 is 21.4 Å². The number of carbonyl (C=O) groups is 1. The first-order valence-corrected chi connectivity index (χ1v) is 8.32. The highest BCUT2D eigenvalue weighted by Crippen LogP contribution is 2.20. The normalized spacial score (nSPS) is 11.4. The summed E-state index contributed by atoms with van der Waals surface area (Å²) in [5.74, 6) is -0.934. The Kier molecular flexibility index (Phi) is 7.54. The molecule has 0 saturated carbocycles. The molecule has 2 aromatic heterocycles. The third-order valence-corrected chi connectivity index (χ3v) is 4.04. The fourth-order valence-corrected chi connectivity index (χ4v) is 2.23. The van der Waals surface area contributed by atoms with Gasteiger partial charge in [-0.15, -0.1) is 0 Å². The monoisotopic (exact) mass is 412 g/mol. The molecule has 0 aliphatic carbocycles. The van der Waals surface area contributed by atoms with E-state index in [0.717, 1.165) is 0 Å². The molecule has 2 rings (SSSR count). The summed E-state index contributed by atoms with van der Waals surface area (Å²) in [6, 6.07) is 0. The van der Waals surface area contributed by atoms with E-state index >= 15 is 0 Å². The van der Waals surface area contributed by atoms with Crippen LogP contribution in [0.2, 0.25) is 0 Å². The van der Waals surface area contributed by atoms with E-state index in [4.69, 9.17) is 4.74 Å². The number of hydrogen-bond acceptors (Lipinski definition) is 9. The van der Waals surface area contributed by atoms with Crippen molar-refractivity contribution in [3.8, 4) is 0 Å². The van der Waals surface area contributed by atoms with Crippen LogP contribution in [0.5, 0.6) is 0 Å². The number of methoxy groups -OCH3 is 2. The van der Waals surface area contributed by atoms with Crippen molar-refractivity contribution < 1.29 is 24.1 Å². The summed E-state index contributed by atoms with van der Waals surface area (Å²) >= 11 is 0. The molecule has 0 spiro atoms. The maximum atomic E-state index is 11.4. The van der Waals surface area contributed by atoms with Crippen LogP contribution in [-0.4, -0.2) is 55.7 Å². The van der Waals surface area contributed by atoms with Gasteiger partial charge >= 0.3 is 17.6 Å². The molecule has 29 heavy (non-hydrogen) atoms. The Bertz CT molecular complexity index is 871. The Hall–Kier alpha value is -3.35. The minimum Gasteiger partial charge on any atom is -0.467 e. The number of aromatic nitrogens is 4. The van der Waals surface area contributed by atoms with Crippen molar-refractivity contribution in [1.82, 2.24) is 19.1 Å². The molecule has 0 aromatic carbocycles. The predicted molar refractivity (Wildman–Crippen MR) is 100 cm³/mol. The van der Waals surface area contributed by atoms with Crippen LogP contribution < -0.4 is 0 Å². The van der Waals surface area contributed by atoms with Crippen molar-refractivity contribution in [2.45, 2.75) is 38.8 Å². The first-order valence-electron chi connectivity index (χ1n) is 8.32. The summed E-state index contributed by atoms with van der Waals surface area (Å²) in [5.41, 5.74) is -1.33. The first kappa shape index (κ1) is 23.7. The second-order valence-electron chi connectivity index (χ2n) is 7.09. The molecule has 0 fully saturated rings. The third-order valence-electron chi connectivity index (χ3n) is 4.04. The SMILES string of the molecule is COC(=O)C(C)(C)n1cnc([N+](=O)[O-])c1.COCC(C)(C)n1cnc([N+](=O)[O-])c1. The van der Waals surface area contributed by atoms with Gasteiger partial charge in [0.05, 0.1) is 19.3 Å². The molecule has 0 radical (unpaired) electrons. The first-order chi connectivity index (χ1) is 13.4. The smallest absolute Gasteiger partial charge is 0.381 e. The average Bonchev–Trinajstić information content (AvgIpc) is 3.31. The van der Waals surface area contributed by atoms with Crippen LogP contribution in [0.25, 0.3) is 0 Å². The van der Waals surface area contributed by atoms with Gasteiger partial charge in [-0.1, -0.05) is 0 Å². The lowest BCUT2D eigenvalue weighted by atomic mass is 10.1. The van der Waals surface area contributed by atoms with Crippen LogP contribution in [-0.2, 0) is 25.3 Å². The van der Waals surface area contributed by atoms with Crippen molar-refractivity contribution >= 4 is 17.6 Å². The largest absolute Gasteiger partial charge is 0.467 e. The standard InChI is InChI=1S/C8H11N3O4.C8H13N3O3/c1-8(2,7(12)15-3)10-4-6(9-5-10)11(13)14;1-8(2,5-14-3)10-4-7(9-6-10)11(12)13/h4-5H,1-3H3;4,6H,5H2,1-3H3. The fraction of sp³-hybridized carbons (Fsp3) is 0.562. The van der Waals surface area contributed by atoms with Crippen molar-refractivity contribution in [3.05, 3.63) is 45.3 Å². The van der Waals surface area contributed by atoms with E-state index in [0.29, 0.717) is 6.61 Å². The summed E-state index contributed by atoms with van der Waals surface area (Å²) in [6.45, 7) is 7.48. The van der Waals surface area contributed by atoms with Crippen LogP contribution in [0.3, 0.4) is 0 Å². The number of imidazole rings is 2. The molecular weight excluding hydrogens is 388 g/mol. The molecule has 160 valence electrons. The zero-order chi connectivity index (χ0) is 22.4. The molecule has 0 atom stereocenters. The van der Waals surface area contributed by atoms with E-state index in [1.807, 2.05) is 13.8 Å². The molecule has 0 amide bonds. The Morgan fingerprint density at radius 3 is 1.83 bits per heavy atom. The molecule has 13 heteroatoms. The van der Waals surface area contributed by atoms with E-state index in [1.54, 1.807) is 25.5 Å². The van der Waals surface area contributed by atoms with Crippen molar-refractivity contribution in [1.29, 1.82) is 0 Å². The topological polar surface area (TPSA) is 157 Å². The second kappa shape index (κ2) is 9.23. The van der Waals surface area contributed by atoms with Crippen molar-refractivity contribution in [2.24, 2.45) is 0 Å². The number of ether oxygens (including phenoxy) is 2. The molecule has 0 N–H and O–H groups in total. The maximum Gasteiger partial charge on any atom is 0.381 e. The number of rotatable bonds is 7. The van der Waals surface area contributed by atoms with Gasteiger partial charge in [0.25, 0.3) is 0 Å². The van der Waals surface area contributed by atoms with Crippen LogP contribution >= 0.6 is 0 Å². The minimum atomic E-state index is -1.00. The van der Waals surface area contributed by atoms with Gasteiger partial charge in [-0.05, 0) is 47.5 Å². The molecule has 0 aliphatic heterocycles. The lowest BCUT2D eigenvalue weighted by Gasteiger charge is -2.23. The quantitative estimate of drug-likeness (QED) is 0.376. The highest BCUT2D eigenvalue weighted by atomic mass is 16.6. The molecule has 0 unspecified atom stereocenters. The highest BCUT2D eigenvalue weighted by Gasteiger charge is 2.32. The zero-order valence-electron chi connectivity index (χ0n) is 17.1. The second-order valence-corrected chi connectivity index (χ2v) is 7.09.